The predicted molar refractivity (Wildman–Crippen MR) is 76.7 cm³/mol. The van der Waals surface area contributed by atoms with Gasteiger partial charge in [-0.25, -0.2) is 4.98 Å². The lowest BCUT2D eigenvalue weighted by Crippen LogP contribution is -2.22. The van der Waals surface area contributed by atoms with Crippen molar-refractivity contribution in [1.82, 2.24) is 4.98 Å². The molecule has 19 heavy (non-hydrogen) atoms. The van der Waals surface area contributed by atoms with Gasteiger partial charge in [-0.2, -0.15) is 24.9 Å². The Morgan fingerprint density at radius 1 is 1.32 bits per heavy atom. The Kier molecular flexibility index (Phi) is 4.75. The summed E-state index contributed by atoms with van der Waals surface area (Å²) in [5.41, 5.74) is 4.60. The first-order valence-corrected chi connectivity index (χ1v) is 8.67. The summed E-state index contributed by atoms with van der Waals surface area (Å²) < 4.78 is 38.5. The van der Waals surface area contributed by atoms with Gasteiger partial charge in [0.2, 0.25) is 0 Å². The van der Waals surface area contributed by atoms with E-state index in [2.05, 4.69) is 18.8 Å². The van der Waals surface area contributed by atoms with E-state index < -0.39 is 11.9 Å². The third-order valence-electron chi connectivity index (χ3n) is 2.99. The third kappa shape index (κ3) is 3.40. The summed E-state index contributed by atoms with van der Waals surface area (Å²) in [6, 6.07) is 0. The molecular weight excluding hydrogens is 313 g/mol. The molecule has 1 aromatic heterocycles. The highest BCUT2D eigenvalue weighted by Gasteiger charge is 2.38. The van der Waals surface area contributed by atoms with Gasteiger partial charge in [-0.05, 0) is 0 Å². The van der Waals surface area contributed by atoms with E-state index in [1.807, 2.05) is 0 Å². The molecule has 0 spiro atoms. The molecule has 0 aromatic carbocycles. The number of rotatable bonds is 2. The Balaban J connectivity index is 2.24. The summed E-state index contributed by atoms with van der Waals surface area (Å²) in [5, 5.41) is 1.55. The van der Waals surface area contributed by atoms with E-state index in [0.29, 0.717) is 15.5 Å². The van der Waals surface area contributed by atoms with Crippen LogP contribution in [0.1, 0.15) is 34.7 Å². The summed E-state index contributed by atoms with van der Waals surface area (Å²) in [4.78, 5) is 3.95. The van der Waals surface area contributed by atoms with E-state index in [4.69, 9.17) is 5.73 Å². The first-order valence-electron chi connectivity index (χ1n) is 5.86. The summed E-state index contributed by atoms with van der Waals surface area (Å²) in [6.07, 6.45) is -4.41. The maximum absolute atomic E-state index is 12.8. The minimum atomic E-state index is -4.41. The van der Waals surface area contributed by atoms with Gasteiger partial charge >= 0.3 is 6.18 Å². The zero-order valence-electron chi connectivity index (χ0n) is 10.5. The van der Waals surface area contributed by atoms with Crippen molar-refractivity contribution in [3.05, 3.63) is 15.6 Å². The van der Waals surface area contributed by atoms with Crippen molar-refractivity contribution in [2.45, 2.75) is 42.3 Å². The van der Waals surface area contributed by atoms with Crippen LogP contribution in [0.5, 0.6) is 0 Å². The summed E-state index contributed by atoms with van der Waals surface area (Å²) >= 11 is 4.61. The van der Waals surface area contributed by atoms with Crippen LogP contribution in [0.15, 0.2) is 0 Å². The number of alkyl halides is 3. The molecular formula is C11H15F3N2S3. The van der Waals surface area contributed by atoms with Gasteiger partial charge in [-0.15, -0.1) is 23.1 Å². The Labute approximate surface area is 122 Å². The molecule has 0 aliphatic carbocycles. The molecule has 1 aliphatic heterocycles. The SMILES string of the molecule is CC1SCC(c2nc(C(F)(F)F)c(CN)s2)SC1C. The van der Waals surface area contributed by atoms with Crippen LogP contribution in [0.3, 0.4) is 0 Å². The molecule has 0 amide bonds. The Morgan fingerprint density at radius 2 is 2.00 bits per heavy atom. The van der Waals surface area contributed by atoms with E-state index >= 15 is 0 Å². The zero-order chi connectivity index (χ0) is 14.2. The first-order chi connectivity index (χ1) is 8.82. The van der Waals surface area contributed by atoms with Crippen LogP contribution in [0.25, 0.3) is 0 Å². The molecule has 0 saturated carbocycles. The average Bonchev–Trinajstić information content (AvgIpc) is 2.76. The molecule has 2 rings (SSSR count). The van der Waals surface area contributed by atoms with Crippen molar-refractivity contribution in [3.8, 4) is 0 Å². The summed E-state index contributed by atoms with van der Waals surface area (Å²) in [6.45, 7) is 4.15. The molecule has 2 N–H and O–H groups in total. The van der Waals surface area contributed by atoms with Gasteiger partial charge in [0.25, 0.3) is 0 Å². The van der Waals surface area contributed by atoms with E-state index in [9.17, 15) is 13.2 Å². The zero-order valence-corrected chi connectivity index (χ0v) is 13.0. The van der Waals surface area contributed by atoms with E-state index in [1.54, 1.807) is 23.5 Å². The topological polar surface area (TPSA) is 38.9 Å². The molecule has 1 saturated heterocycles. The quantitative estimate of drug-likeness (QED) is 0.893. The molecule has 2 heterocycles. The molecule has 1 fully saturated rings. The maximum Gasteiger partial charge on any atom is 0.434 e. The van der Waals surface area contributed by atoms with Crippen molar-refractivity contribution >= 4 is 34.9 Å². The van der Waals surface area contributed by atoms with Gasteiger partial charge < -0.3 is 5.73 Å². The second kappa shape index (κ2) is 5.83. The van der Waals surface area contributed by atoms with Gasteiger partial charge in [0.1, 0.15) is 5.01 Å². The number of halogens is 3. The summed E-state index contributed by atoms with van der Waals surface area (Å²) in [7, 11) is 0. The second-order valence-corrected chi connectivity index (χ2v) is 8.50. The van der Waals surface area contributed by atoms with E-state index in [1.165, 1.54) is 0 Å². The fraction of sp³-hybridized carbons (Fsp3) is 0.727. The number of hydrogen-bond donors (Lipinski definition) is 1. The van der Waals surface area contributed by atoms with E-state index in [0.717, 1.165) is 17.1 Å². The van der Waals surface area contributed by atoms with Crippen LogP contribution >= 0.6 is 34.9 Å². The van der Waals surface area contributed by atoms with Crippen LogP contribution in [-0.4, -0.2) is 21.2 Å². The summed E-state index contributed by atoms with van der Waals surface area (Å²) in [5.74, 6) is 0.811. The average molecular weight is 328 g/mol. The monoisotopic (exact) mass is 328 g/mol. The largest absolute Gasteiger partial charge is 0.434 e. The maximum atomic E-state index is 12.8. The minimum Gasteiger partial charge on any atom is -0.326 e. The van der Waals surface area contributed by atoms with Gasteiger partial charge in [0, 0.05) is 22.8 Å². The minimum absolute atomic E-state index is 0.0441. The lowest BCUT2D eigenvalue weighted by atomic mass is 10.3. The number of aromatic nitrogens is 1. The lowest BCUT2D eigenvalue weighted by molar-refractivity contribution is -0.141. The van der Waals surface area contributed by atoms with Gasteiger partial charge in [0.05, 0.1) is 10.1 Å². The predicted octanol–water partition coefficient (Wildman–Crippen LogP) is 3.92. The van der Waals surface area contributed by atoms with Crippen LogP contribution in [-0.2, 0) is 12.7 Å². The molecule has 0 bridgehead atoms. The lowest BCUT2D eigenvalue weighted by Gasteiger charge is -2.30. The Bertz CT molecular complexity index is 447. The van der Waals surface area contributed by atoms with Crippen molar-refractivity contribution in [2.75, 3.05) is 5.75 Å². The number of hydrogen-bond acceptors (Lipinski definition) is 5. The number of thioether (sulfide) groups is 2. The van der Waals surface area contributed by atoms with Crippen molar-refractivity contribution < 1.29 is 13.2 Å². The number of nitrogens with two attached hydrogens (primary N) is 1. The fourth-order valence-corrected chi connectivity index (χ4v) is 5.94. The molecule has 3 unspecified atom stereocenters. The van der Waals surface area contributed by atoms with Crippen LogP contribution in [0.2, 0.25) is 0 Å². The fourth-order valence-electron chi connectivity index (χ4n) is 1.78. The normalized spacial score (nSPS) is 28.6. The van der Waals surface area contributed by atoms with Gasteiger partial charge in [0.15, 0.2) is 5.69 Å². The van der Waals surface area contributed by atoms with Gasteiger partial charge in [-0.3, -0.25) is 0 Å². The van der Waals surface area contributed by atoms with Crippen molar-refractivity contribution in [2.24, 2.45) is 5.73 Å². The molecule has 2 nitrogen and oxygen atoms in total. The smallest absolute Gasteiger partial charge is 0.326 e. The Hall–Kier alpha value is 0.0800. The van der Waals surface area contributed by atoms with Crippen molar-refractivity contribution in [1.29, 1.82) is 0 Å². The van der Waals surface area contributed by atoms with Crippen LogP contribution < -0.4 is 5.73 Å². The third-order valence-corrected chi connectivity index (χ3v) is 7.73. The standard InChI is InChI=1S/C11H15F3N2S3/c1-5-6(2)18-8(4-17-5)10-16-9(11(12,13)14)7(3-15)19-10/h5-6,8H,3-4,15H2,1-2H3. The van der Waals surface area contributed by atoms with Crippen LogP contribution in [0, 0.1) is 0 Å². The van der Waals surface area contributed by atoms with Crippen LogP contribution in [0.4, 0.5) is 13.2 Å². The molecule has 3 atom stereocenters. The molecule has 1 aliphatic rings. The van der Waals surface area contributed by atoms with Crippen molar-refractivity contribution in [3.63, 3.8) is 0 Å². The molecule has 1 aromatic rings. The van der Waals surface area contributed by atoms with E-state index in [-0.39, 0.29) is 16.7 Å². The first kappa shape index (κ1) is 15.5. The second-order valence-electron chi connectivity index (χ2n) is 4.39. The molecule has 8 heteroatoms. The highest BCUT2D eigenvalue weighted by Crippen LogP contribution is 2.46. The number of thiazole rings is 1. The highest BCUT2D eigenvalue weighted by atomic mass is 32.2. The number of nitrogens with zero attached hydrogens (tertiary/aromatic N) is 1. The van der Waals surface area contributed by atoms with Gasteiger partial charge in [-0.1, -0.05) is 13.8 Å². The molecule has 0 radical (unpaired) electrons. The highest BCUT2D eigenvalue weighted by molar-refractivity contribution is 8.07. The Morgan fingerprint density at radius 3 is 2.47 bits per heavy atom. The molecule has 108 valence electrons.